The SMILES string of the molecule is COC(=O)[C@@H]1CCCN1C(=O)c1ccc(-c2ccc(CC(=O)c3oc(N4CCCC(C)C4)nc3C)cc2)cc1. The normalized spacial score (nSPS) is 19.3. The number of ether oxygens (including phenoxy) is 1. The average molecular weight is 530 g/mol. The molecule has 0 spiro atoms. The maximum absolute atomic E-state index is 13.0. The van der Waals surface area contributed by atoms with E-state index in [9.17, 15) is 14.4 Å². The van der Waals surface area contributed by atoms with Gasteiger partial charge in [0, 0.05) is 31.6 Å². The van der Waals surface area contributed by atoms with Crippen LogP contribution in [-0.2, 0) is 16.0 Å². The van der Waals surface area contributed by atoms with Crippen LogP contribution in [0.3, 0.4) is 0 Å². The van der Waals surface area contributed by atoms with Crippen LogP contribution in [0.25, 0.3) is 11.1 Å². The standard InChI is InChI=1S/C31H35N3O5/c1-20-6-4-16-33(19-20)31-32-21(2)28(39-31)27(35)18-22-8-10-23(11-9-22)24-12-14-25(15-13-24)29(36)34-17-5-7-26(34)30(37)38-3/h8-15,20,26H,4-7,16-19H2,1-3H3/t20?,26-/m0/s1. The number of carbonyl (C=O) groups is 3. The first-order valence-electron chi connectivity index (χ1n) is 13.7. The van der Waals surface area contributed by atoms with Crippen LogP contribution in [0, 0.1) is 12.8 Å². The Balaban J connectivity index is 1.22. The van der Waals surface area contributed by atoms with Crippen molar-refractivity contribution < 1.29 is 23.5 Å². The van der Waals surface area contributed by atoms with Crippen molar-refractivity contribution in [2.75, 3.05) is 31.6 Å². The van der Waals surface area contributed by atoms with E-state index < -0.39 is 6.04 Å². The van der Waals surface area contributed by atoms with Crippen molar-refractivity contribution in [2.24, 2.45) is 5.92 Å². The summed E-state index contributed by atoms with van der Waals surface area (Å²) in [6.45, 7) is 6.40. The Hall–Kier alpha value is -3.94. The summed E-state index contributed by atoms with van der Waals surface area (Å²) in [7, 11) is 1.35. The van der Waals surface area contributed by atoms with E-state index in [1.54, 1.807) is 17.0 Å². The number of methoxy groups -OCH3 is 1. The van der Waals surface area contributed by atoms with Gasteiger partial charge in [-0.3, -0.25) is 9.59 Å². The van der Waals surface area contributed by atoms with Gasteiger partial charge in [0.25, 0.3) is 11.9 Å². The van der Waals surface area contributed by atoms with Gasteiger partial charge in [0.15, 0.2) is 5.76 Å². The largest absolute Gasteiger partial charge is 0.467 e. The third-order valence-electron chi connectivity index (χ3n) is 7.74. The molecule has 0 aliphatic carbocycles. The zero-order valence-electron chi connectivity index (χ0n) is 22.8. The highest BCUT2D eigenvalue weighted by atomic mass is 16.5. The van der Waals surface area contributed by atoms with E-state index in [2.05, 4.69) is 16.8 Å². The molecule has 2 aliphatic heterocycles. The van der Waals surface area contributed by atoms with Crippen molar-refractivity contribution in [1.82, 2.24) is 9.88 Å². The molecule has 1 unspecified atom stereocenters. The number of likely N-dealkylation sites (tertiary alicyclic amines) is 1. The number of amides is 1. The second-order valence-corrected chi connectivity index (χ2v) is 10.7. The number of nitrogens with zero attached hydrogens (tertiary/aromatic N) is 3. The van der Waals surface area contributed by atoms with E-state index in [1.165, 1.54) is 13.5 Å². The molecule has 2 atom stereocenters. The fourth-order valence-electron chi connectivity index (χ4n) is 5.58. The van der Waals surface area contributed by atoms with Crippen LogP contribution >= 0.6 is 0 Å². The maximum Gasteiger partial charge on any atom is 0.328 e. The van der Waals surface area contributed by atoms with E-state index in [0.29, 0.717) is 41.9 Å². The second kappa shape index (κ2) is 11.4. The van der Waals surface area contributed by atoms with Crippen molar-refractivity contribution in [3.05, 3.63) is 71.1 Å². The Morgan fingerprint density at radius 3 is 2.31 bits per heavy atom. The van der Waals surface area contributed by atoms with Gasteiger partial charge in [-0.25, -0.2) is 4.79 Å². The van der Waals surface area contributed by atoms with E-state index in [1.807, 2.05) is 43.3 Å². The number of esters is 1. The molecule has 8 nitrogen and oxygen atoms in total. The Labute approximate surface area is 229 Å². The summed E-state index contributed by atoms with van der Waals surface area (Å²) < 4.78 is 10.8. The zero-order valence-corrected chi connectivity index (χ0v) is 22.8. The molecule has 0 radical (unpaired) electrons. The molecule has 2 saturated heterocycles. The van der Waals surface area contributed by atoms with Crippen LogP contribution in [-0.4, -0.2) is 60.3 Å². The number of rotatable bonds is 7. The minimum atomic E-state index is -0.516. The molecule has 1 aromatic heterocycles. The van der Waals surface area contributed by atoms with Crippen LogP contribution in [0.4, 0.5) is 6.01 Å². The summed E-state index contributed by atoms with van der Waals surface area (Å²) in [5.41, 5.74) is 4.00. The number of ketones is 1. The zero-order chi connectivity index (χ0) is 27.5. The van der Waals surface area contributed by atoms with Crippen LogP contribution < -0.4 is 4.90 Å². The van der Waals surface area contributed by atoms with E-state index in [0.717, 1.165) is 42.6 Å². The van der Waals surface area contributed by atoms with Crippen LogP contribution in [0.5, 0.6) is 0 Å². The molecule has 39 heavy (non-hydrogen) atoms. The number of anilines is 1. The molecule has 1 amide bonds. The van der Waals surface area contributed by atoms with Gasteiger partial charge in [-0.15, -0.1) is 0 Å². The highest BCUT2D eigenvalue weighted by molar-refractivity contribution is 5.98. The predicted octanol–water partition coefficient (Wildman–Crippen LogP) is 5.09. The Morgan fingerprint density at radius 1 is 0.974 bits per heavy atom. The quantitative estimate of drug-likeness (QED) is 0.311. The van der Waals surface area contributed by atoms with Gasteiger partial charge in [-0.1, -0.05) is 43.3 Å². The van der Waals surface area contributed by atoms with Crippen molar-refractivity contribution in [2.45, 2.75) is 52.0 Å². The Morgan fingerprint density at radius 2 is 1.64 bits per heavy atom. The summed E-state index contributed by atoms with van der Waals surface area (Å²) in [4.78, 5) is 46.3. The number of benzene rings is 2. The molecule has 0 bridgehead atoms. The predicted molar refractivity (Wildman–Crippen MR) is 148 cm³/mol. The molecule has 3 aromatic rings. The first-order valence-corrected chi connectivity index (χ1v) is 13.7. The number of Topliss-reactive ketones (excluding diaryl/α,β-unsaturated/α-hetero) is 1. The average Bonchev–Trinajstić information content (AvgIpc) is 3.60. The third kappa shape index (κ3) is 5.75. The molecule has 2 aromatic carbocycles. The minimum Gasteiger partial charge on any atom is -0.467 e. The second-order valence-electron chi connectivity index (χ2n) is 10.7. The first kappa shape index (κ1) is 26.7. The molecule has 2 fully saturated rings. The van der Waals surface area contributed by atoms with Crippen LogP contribution in [0.2, 0.25) is 0 Å². The van der Waals surface area contributed by atoms with Gasteiger partial charge in [-0.2, -0.15) is 4.98 Å². The highest BCUT2D eigenvalue weighted by Crippen LogP contribution is 2.27. The first-order chi connectivity index (χ1) is 18.8. The van der Waals surface area contributed by atoms with Gasteiger partial charge in [0.2, 0.25) is 5.78 Å². The van der Waals surface area contributed by atoms with Crippen molar-refractivity contribution in [1.29, 1.82) is 0 Å². The molecule has 0 N–H and O–H groups in total. The minimum absolute atomic E-state index is 0.0842. The van der Waals surface area contributed by atoms with Crippen molar-refractivity contribution >= 4 is 23.7 Å². The lowest BCUT2D eigenvalue weighted by Gasteiger charge is -2.29. The monoisotopic (exact) mass is 529 g/mol. The van der Waals surface area contributed by atoms with E-state index in [4.69, 9.17) is 9.15 Å². The van der Waals surface area contributed by atoms with Gasteiger partial charge >= 0.3 is 5.97 Å². The number of aromatic nitrogens is 1. The Kier molecular flexibility index (Phi) is 7.82. The summed E-state index contributed by atoms with van der Waals surface area (Å²) in [5, 5.41) is 0. The van der Waals surface area contributed by atoms with E-state index >= 15 is 0 Å². The van der Waals surface area contributed by atoms with Crippen molar-refractivity contribution in [3.63, 3.8) is 0 Å². The molecule has 2 aliphatic rings. The highest BCUT2D eigenvalue weighted by Gasteiger charge is 2.35. The van der Waals surface area contributed by atoms with Gasteiger partial charge in [-0.05, 0) is 67.3 Å². The molecule has 5 rings (SSSR count). The summed E-state index contributed by atoms with van der Waals surface area (Å²) in [6, 6.07) is 15.2. The summed E-state index contributed by atoms with van der Waals surface area (Å²) >= 11 is 0. The number of piperidine rings is 1. The Bertz CT molecular complexity index is 1350. The fraction of sp³-hybridized carbons (Fsp3) is 0.419. The lowest BCUT2D eigenvalue weighted by Crippen LogP contribution is -2.41. The number of hydrogen-bond donors (Lipinski definition) is 0. The lowest BCUT2D eigenvalue weighted by atomic mass is 10.00. The topological polar surface area (TPSA) is 92.9 Å². The number of oxazole rings is 1. The van der Waals surface area contributed by atoms with Crippen molar-refractivity contribution in [3.8, 4) is 11.1 Å². The lowest BCUT2D eigenvalue weighted by molar-refractivity contribution is -0.145. The number of carbonyl (C=O) groups excluding carboxylic acids is 3. The smallest absolute Gasteiger partial charge is 0.328 e. The number of aryl methyl sites for hydroxylation is 1. The molecular formula is C31H35N3O5. The third-order valence-corrected chi connectivity index (χ3v) is 7.74. The molecule has 204 valence electrons. The molecule has 0 saturated carbocycles. The number of hydrogen-bond acceptors (Lipinski definition) is 7. The van der Waals surface area contributed by atoms with Gasteiger partial charge in [0.05, 0.1) is 12.8 Å². The fourth-order valence-corrected chi connectivity index (χ4v) is 5.58. The molecule has 3 heterocycles. The van der Waals surface area contributed by atoms with Crippen LogP contribution in [0.1, 0.15) is 64.8 Å². The summed E-state index contributed by atoms with van der Waals surface area (Å²) in [5.74, 6) is 0.305. The molecule has 8 heteroatoms. The molecular weight excluding hydrogens is 494 g/mol. The summed E-state index contributed by atoms with van der Waals surface area (Å²) in [6.07, 6.45) is 3.95. The van der Waals surface area contributed by atoms with Gasteiger partial charge in [0.1, 0.15) is 6.04 Å². The van der Waals surface area contributed by atoms with Gasteiger partial charge < -0.3 is 19.0 Å². The van der Waals surface area contributed by atoms with E-state index in [-0.39, 0.29) is 24.1 Å². The van der Waals surface area contributed by atoms with Crippen LogP contribution in [0.15, 0.2) is 52.9 Å². The maximum atomic E-state index is 13.0.